The van der Waals surface area contributed by atoms with E-state index in [4.69, 9.17) is 9.84 Å². The Balaban J connectivity index is 2.59. The molecule has 0 bridgehead atoms. The van der Waals surface area contributed by atoms with E-state index in [0.717, 1.165) is 10.7 Å². The molecule has 0 aliphatic heterocycles. The summed E-state index contributed by atoms with van der Waals surface area (Å²) in [5.41, 5.74) is 0.205. The van der Waals surface area contributed by atoms with Crippen LogP contribution in [0, 0.1) is 6.92 Å². The van der Waals surface area contributed by atoms with Crippen molar-refractivity contribution < 1.29 is 14.6 Å². The molecule has 0 aliphatic carbocycles. The normalized spacial score (nSPS) is 14.5. The van der Waals surface area contributed by atoms with Crippen LogP contribution in [0.15, 0.2) is 11.5 Å². The zero-order valence-corrected chi connectivity index (χ0v) is 12.3. The highest BCUT2D eigenvalue weighted by Gasteiger charge is 2.24. The number of thiazole rings is 1. The molecule has 106 valence electrons. The molecule has 1 unspecified atom stereocenters. The number of hydrogen-bond donors (Lipinski definition) is 2. The first-order chi connectivity index (χ1) is 8.99. The van der Waals surface area contributed by atoms with Crippen molar-refractivity contribution in [3.63, 3.8) is 0 Å². The van der Waals surface area contributed by atoms with Crippen molar-refractivity contribution in [2.24, 2.45) is 0 Å². The number of nitrogens with one attached hydrogen (secondary N) is 1. The van der Waals surface area contributed by atoms with Crippen LogP contribution < -0.4 is 5.32 Å². The van der Waals surface area contributed by atoms with Gasteiger partial charge < -0.3 is 15.2 Å². The zero-order valence-electron chi connectivity index (χ0n) is 11.5. The van der Waals surface area contributed by atoms with Gasteiger partial charge in [0.15, 0.2) is 0 Å². The molecule has 1 heterocycles. The summed E-state index contributed by atoms with van der Waals surface area (Å²) in [5, 5.41) is 14.7. The molecule has 1 rings (SSSR count). The van der Waals surface area contributed by atoms with E-state index >= 15 is 0 Å². The van der Waals surface area contributed by atoms with Crippen molar-refractivity contribution in [2.45, 2.75) is 25.8 Å². The molecule has 6 heteroatoms. The molecule has 0 saturated heterocycles. The monoisotopic (exact) mass is 284 g/mol. The summed E-state index contributed by atoms with van der Waals surface area (Å²) in [6, 6.07) is 0. The quantitative estimate of drug-likeness (QED) is 0.742. The van der Waals surface area contributed by atoms with Crippen LogP contribution in [-0.4, -0.2) is 41.9 Å². The van der Waals surface area contributed by atoms with Gasteiger partial charge in [0.05, 0.1) is 22.8 Å². The third-order valence-corrected chi connectivity index (χ3v) is 3.39. The summed E-state index contributed by atoms with van der Waals surface area (Å²) in [5.74, 6) is -0.223. The summed E-state index contributed by atoms with van der Waals surface area (Å²) < 4.78 is 5.07. The van der Waals surface area contributed by atoms with Crippen LogP contribution in [-0.2, 0) is 9.53 Å². The number of amides is 1. The van der Waals surface area contributed by atoms with E-state index in [1.54, 1.807) is 13.2 Å². The number of rotatable bonds is 7. The van der Waals surface area contributed by atoms with Gasteiger partial charge in [-0.3, -0.25) is 4.79 Å². The van der Waals surface area contributed by atoms with Gasteiger partial charge in [-0.15, -0.1) is 11.3 Å². The number of methoxy groups -OCH3 is 1. The van der Waals surface area contributed by atoms with E-state index in [0.29, 0.717) is 13.0 Å². The van der Waals surface area contributed by atoms with Gasteiger partial charge in [0.25, 0.3) is 0 Å². The van der Waals surface area contributed by atoms with Crippen molar-refractivity contribution in [1.82, 2.24) is 10.3 Å². The molecule has 0 saturated carbocycles. The largest absolute Gasteiger partial charge is 0.396 e. The lowest BCUT2D eigenvalue weighted by Crippen LogP contribution is -2.49. The van der Waals surface area contributed by atoms with Gasteiger partial charge in [0, 0.05) is 25.2 Å². The maximum Gasteiger partial charge on any atom is 0.244 e. The summed E-state index contributed by atoms with van der Waals surface area (Å²) >= 11 is 1.54. The van der Waals surface area contributed by atoms with Crippen molar-refractivity contribution >= 4 is 23.3 Å². The van der Waals surface area contributed by atoms with E-state index < -0.39 is 5.54 Å². The van der Waals surface area contributed by atoms with Crippen LogP contribution in [0.25, 0.3) is 6.08 Å². The molecule has 19 heavy (non-hydrogen) atoms. The van der Waals surface area contributed by atoms with Crippen LogP contribution in [0.3, 0.4) is 0 Å². The number of carbonyl (C=O) groups is 1. The second kappa shape index (κ2) is 7.37. The summed E-state index contributed by atoms with van der Waals surface area (Å²) in [6.07, 6.45) is 3.56. The van der Waals surface area contributed by atoms with Gasteiger partial charge in [-0.1, -0.05) is 0 Å². The van der Waals surface area contributed by atoms with Gasteiger partial charge in [0.1, 0.15) is 0 Å². The van der Waals surface area contributed by atoms with E-state index in [9.17, 15) is 4.79 Å². The standard InChI is InChI=1S/C13H20N2O3S/c1-10-14-11(8-19-10)4-5-12(17)15-13(2,6-7-16)9-18-3/h4-5,8,16H,6-7,9H2,1-3H3,(H,15,17)/b5-4+. The Hall–Kier alpha value is -1.24. The lowest BCUT2D eigenvalue weighted by atomic mass is 9.99. The van der Waals surface area contributed by atoms with Gasteiger partial charge in [0.2, 0.25) is 5.91 Å². The van der Waals surface area contributed by atoms with Gasteiger partial charge in [-0.25, -0.2) is 4.98 Å². The van der Waals surface area contributed by atoms with E-state index in [-0.39, 0.29) is 12.5 Å². The number of nitrogens with zero attached hydrogens (tertiary/aromatic N) is 1. The van der Waals surface area contributed by atoms with Crippen LogP contribution >= 0.6 is 11.3 Å². The minimum atomic E-state index is -0.567. The molecule has 0 radical (unpaired) electrons. The zero-order chi connectivity index (χ0) is 14.3. The smallest absolute Gasteiger partial charge is 0.244 e. The molecule has 1 atom stereocenters. The third kappa shape index (κ3) is 5.50. The SMILES string of the molecule is COCC(C)(CCO)NC(=O)/C=C/c1csc(C)n1. The number of hydrogen-bond acceptors (Lipinski definition) is 5. The van der Waals surface area contributed by atoms with Crippen molar-refractivity contribution in [3.05, 3.63) is 22.2 Å². The highest BCUT2D eigenvalue weighted by molar-refractivity contribution is 7.09. The molecule has 0 fully saturated rings. The van der Waals surface area contributed by atoms with Crippen LogP contribution in [0.5, 0.6) is 0 Å². The second-order valence-electron chi connectivity index (χ2n) is 4.58. The minimum absolute atomic E-state index is 0.00483. The molecule has 1 aromatic heterocycles. The maximum atomic E-state index is 11.8. The number of aromatic nitrogens is 1. The van der Waals surface area contributed by atoms with Crippen LogP contribution in [0.4, 0.5) is 0 Å². The van der Waals surface area contributed by atoms with Gasteiger partial charge in [-0.2, -0.15) is 0 Å². The highest BCUT2D eigenvalue weighted by atomic mass is 32.1. The number of aliphatic hydroxyl groups is 1. The molecular formula is C13H20N2O3S. The van der Waals surface area contributed by atoms with Crippen LogP contribution in [0.2, 0.25) is 0 Å². The van der Waals surface area contributed by atoms with Crippen LogP contribution in [0.1, 0.15) is 24.0 Å². The lowest BCUT2D eigenvalue weighted by molar-refractivity contribution is -0.119. The number of ether oxygens (including phenoxy) is 1. The fourth-order valence-electron chi connectivity index (χ4n) is 1.69. The summed E-state index contributed by atoms with van der Waals surface area (Å²) in [4.78, 5) is 16.1. The molecule has 5 nitrogen and oxygen atoms in total. The topological polar surface area (TPSA) is 71.5 Å². The average molecular weight is 284 g/mol. The van der Waals surface area contributed by atoms with Crippen molar-refractivity contribution in [2.75, 3.05) is 20.3 Å². The Labute approximate surface area is 117 Å². The molecule has 0 aromatic carbocycles. The highest BCUT2D eigenvalue weighted by Crippen LogP contribution is 2.11. The van der Waals surface area contributed by atoms with E-state index in [2.05, 4.69) is 10.3 Å². The fourth-order valence-corrected chi connectivity index (χ4v) is 2.27. The number of aliphatic hydroxyl groups excluding tert-OH is 1. The Kier molecular flexibility index (Phi) is 6.14. The predicted octanol–water partition coefficient (Wildman–Crippen LogP) is 1.37. The van der Waals surface area contributed by atoms with E-state index in [1.165, 1.54) is 17.4 Å². The van der Waals surface area contributed by atoms with Gasteiger partial charge in [-0.05, 0) is 26.3 Å². The Morgan fingerprint density at radius 3 is 2.95 bits per heavy atom. The second-order valence-corrected chi connectivity index (χ2v) is 5.64. The number of carbonyl (C=O) groups excluding carboxylic acids is 1. The van der Waals surface area contributed by atoms with Gasteiger partial charge >= 0.3 is 0 Å². The minimum Gasteiger partial charge on any atom is -0.396 e. The molecule has 1 amide bonds. The Bertz CT molecular complexity index is 437. The first-order valence-corrected chi connectivity index (χ1v) is 6.89. The first kappa shape index (κ1) is 15.8. The summed E-state index contributed by atoms with van der Waals surface area (Å²) in [6.45, 7) is 4.10. The van der Waals surface area contributed by atoms with Crippen molar-refractivity contribution in [3.8, 4) is 0 Å². The third-order valence-electron chi connectivity index (χ3n) is 2.59. The molecular weight excluding hydrogens is 264 g/mol. The predicted molar refractivity (Wildman–Crippen MR) is 76.0 cm³/mol. The molecule has 1 aromatic rings. The first-order valence-electron chi connectivity index (χ1n) is 6.01. The number of aryl methyl sites for hydroxylation is 1. The lowest BCUT2D eigenvalue weighted by Gasteiger charge is -2.28. The molecule has 2 N–H and O–H groups in total. The van der Waals surface area contributed by atoms with E-state index in [1.807, 2.05) is 19.2 Å². The van der Waals surface area contributed by atoms with Crippen molar-refractivity contribution in [1.29, 1.82) is 0 Å². The maximum absolute atomic E-state index is 11.8. The fraction of sp³-hybridized carbons (Fsp3) is 0.538. The Morgan fingerprint density at radius 1 is 1.68 bits per heavy atom. The Morgan fingerprint density at radius 2 is 2.42 bits per heavy atom. The summed E-state index contributed by atoms with van der Waals surface area (Å²) in [7, 11) is 1.57. The molecule has 0 spiro atoms. The molecule has 0 aliphatic rings. The average Bonchev–Trinajstić information content (AvgIpc) is 2.73.